The molecule has 81 heavy (non-hydrogen) atoms. The van der Waals surface area contributed by atoms with Crippen LogP contribution < -0.4 is 0 Å². The van der Waals surface area contributed by atoms with Crippen molar-refractivity contribution < 1.29 is 58.2 Å². The lowest BCUT2D eigenvalue weighted by Crippen LogP contribution is -2.61. The minimum absolute atomic E-state index is 0.0177. The number of carboxylic acid groups (broad SMARTS) is 1. The van der Waals surface area contributed by atoms with E-state index in [1.165, 1.54) is 77.0 Å². The number of carboxylic acids is 1. The summed E-state index contributed by atoms with van der Waals surface area (Å²) in [6.45, 7) is 5.77. The molecule has 12 heteroatoms. The van der Waals surface area contributed by atoms with Crippen LogP contribution in [-0.4, -0.2) is 89.2 Å². The smallest absolute Gasteiger partial charge is 0.335 e. The highest BCUT2D eigenvalue weighted by Gasteiger charge is 2.50. The molecule has 1 aliphatic heterocycles. The second-order valence-corrected chi connectivity index (χ2v) is 21.6. The molecule has 0 bridgehead atoms. The van der Waals surface area contributed by atoms with Crippen LogP contribution in [0.25, 0.3) is 0 Å². The van der Waals surface area contributed by atoms with Gasteiger partial charge in [-0.2, -0.15) is 0 Å². The number of aliphatic carboxylic acids is 1. The number of unbranched alkanes of at least 4 members (excludes halogenated alkanes) is 24. The van der Waals surface area contributed by atoms with Gasteiger partial charge in [0.2, 0.25) is 0 Å². The van der Waals surface area contributed by atoms with E-state index in [1.54, 1.807) is 0 Å². The van der Waals surface area contributed by atoms with Crippen molar-refractivity contribution in [2.75, 3.05) is 13.2 Å². The van der Waals surface area contributed by atoms with Crippen LogP contribution in [0.1, 0.15) is 265 Å². The van der Waals surface area contributed by atoms with Gasteiger partial charge in [-0.3, -0.25) is 14.4 Å². The molecule has 1 fully saturated rings. The van der Waals surface area contributed by atoms with Crippen LogP contribution in [0.15, 0.2) is 97.2 Å². The topological polar surface area (TPSA) is 175 Å². The molecular weight excluding hydrogens is 1020 g/mol. The molecule has 0 spiro atoms. The van der Waals surface area contributed by atoms with E-state index in [4.69, 9.17) is 23.7 Å². The lowest BCUT2D eigenvalue weighted by atomic mass is 9.98. The Labute approximate surface area is 492 Å². The summed E-state index contributed by atoms with van der Waals surface area (Å²) in [5.41, 5.74) is 0. The molecule has 1 aliphatic rings. The van der Waals surface area contributed by atoms with E-state index < -0.39 is 67.3 Å². The Morgan fingerprint density at radius 3 is 1.20 bits per heavy atom. The van der Waals surface area contributed by atoms with Gasteiger partial charge in [-0.05, 0) is 96.3 Å². The van der Waals surface area contributed by atoms with E-state index in [9.17, 15) is 34.5 Å². The third-order valence-corrected chi connectivity index (χ3v) is 14.2. The molecule has 0 aromatic heterocycles. The molecule has 0 aromatic carbocycles. The van der Waals surface area contributed by atoms with Crippen molar-refractivity contribution in [3.63, 3.8) is 0 Å². The number of allylic oxidation sites excluding steroid dienone is 16. The largest absolute Gasteiger partial charge is 0.479 e. The maximum Gasteiger partial charge on any atom is 0.335 e. The second kappa shape index (κ2) is 56.1. The third-order valence-electron chi connectivity index (χ3n) is 14.2. The molecule has 0 aromatic rings. The van der Waals surface area contributed by atoms with Crippen LogP contribution in [0.4, 0.5) is 0 Å². The van der Waals surface area contributed by atoms with E-state index in [0.29, 0.717) is 19.3 Å². The summed E-state index contributed by atoms with van der Waals surface area (Å²) >= 11 is 0. The molecule has 3 N–H and O–H groups in total. The van der Waals surface area contributed by atoms with Crippen LogP contribution in [0.3, 0.4) is 0 Å². The van der Waals surface area contributed by atoms with Crippen LogP contribution in [0.2, 0.25) is 0 Å². The van der Waals surface area contributed by atoms with Gasteiger partial charge in [0.1, 0.15) is 18.8 Å². The van der Waals surface area contributed by atoms with E-state index in [1.807, 2.05) is 0 Å². The third kappa shape index (κ3) is 45.8. The molecule has 6 unspecified atom stereocenters. The Bertz CT molecular complexity index is 1780. The summed E-state index contributed by atoms with van der Waals surface area (Å²) in [6, 6.07) is 0. The monoisotopic (exact) mass is 1130 g/mol. The zero-order chi connectivity index (χ0) is 58.9. The fraction of sp³-hybridized carbons (Fsp3) is 0.710. The molecule has 0 radical (unpaired) electrons. The van der Waals surface area contributed by atoms with Gasteiger partial charge in [-0.1, -0.05) is 246 Å². The maximum atomic E-state index is 13.2. The van der Waals surface area contributed by atoms with Gasteiger partial charge < -0.3 is 39.0 Å². The molecule has 462 valence electrons. The quantitative estimate of drug-likeness (QED) is 0.0228. The lowest BCUT2D eigenvalue weighted by molar-refractivity contribution is -0.301. The van der Waals surface area contributed by atoms with Crippen molar-refractivity contribution in [2.45, 2.75) is 302 Å². The first kappa shape index (κ1) is 74.7. The van der Waals surface area contributed by atoms with Gasteiger partial charge in [-0.15, -0.1) is 0 Å². The minimum Gasteiger partial charge on any atom is -0.479 e. The maximum absolute atomic E-state index is 13.2. The summed E-state index contributed by atoms with van der Waals surface area (Å²) in [5.74, 6) is -3.17. The van der Waals surface area contributed by atoms with Crippen LogP contribution in [0.5, 0.6) is 0 Å². The van der Waals surface area contributed by atoms with E-state index in [-0.39, 0.29) is 25.9 Å². The zero-order valence-corrected chi connectivity index (χ0v) is 51.0. The van der Waals surface area contributed by atoms with Crippen molar-refractivity contribution in [1.29, 1.82) is 0 Å². The Hall–Kier alpha value is -4.36. The number of hydrogen-bond donors (Lipinski definition) is 3. The molecular formula is C69H114O12. The first-order chi connectivity index (χ1) is 39.6. The van der Waals surface area contributed by atoms with E-state index in [2.05, 4.69) is 118 Å². The fourth-order valence-electron chi connectivity index (χ4n) is 9.29. The Morgan fingerprint density at radius 1 is 0.420 bits per heavy atom. The Morgan fingerprint density at radius 2 is 0.778 bits per heavy atom. The molecule has 0 aliphatic carbocycles. The number of carbonyl (C=O) groups excluding carboxylic acids is 3. The number of ether oxygens (including phenoxy) is 5. The molecule has 0 amide bonds. The molecule has 0 saturated carbocycles. The lowest BCUT2D eigenvalue weighted by Gasteiger charge is -2.40. The molecule has 1 rings (SSSR count). The Kier molecular flexibility index (Phi) is 51.7. The number of aliphatic hydroxyl groups is 2. The van der Waals surface area contributed by atoms with Gasteiger partial charge in [0, 0.05) is 19.3 Å². The summed E-state index contributed by atoms with van der Waals surface area (Å²) in [7, 11) is 0. The molecule has 6 atom stereocenters. The van der Waals surface area contributed by atoms with Crippen molar-refractivity contribution in [1.82, 2.24) is 0 Å². The average Bonchev–Trinajstić information content (AvgIpc) is 3.54. The second-order valence-electron chi connectivity index (χ2n) is 21.6. The van der Waals surface area contributed by atoms with E-state index >= 15 is 0 Å². The summed E-state index contributed by atoms with van der Waals surface area (Å²) < 4.78 is 28.5. The van der Waals surface area contributed by atoms with E-state index in [0.717, 1.165) is 128 Å². The number of esters is 3. The average molecular weight is 1140 g/mol. The molecule has 1 saturated heterocycles. The summed E-state index contributed by atoms with van der Waals surface area (Å²) in [5, 5.41) is 31.6. The SMILES string of the molecule is CC/C=C\C/C=C\C/C=C\C/C=C\C/C=C\CCCCCC(=O)OC1C(OCC(COC(=O)CCCCCCCCC/C=C\C/C=C\C/C=C\CC)OC(=O)CCCCCCCCCCCCCCCCC)OC(C(=O)O)C(O)C1O. The van der Waals surface area contributed by atoms with Gasteiger partial charge in [0.05, 0.1) is 6.61 Å². The normalized spacial score (nSPS) is 18.4. The first-order valence-electron chi connectivity index (χ1n) is 32.2. The molecule has 12 nitrogen and oxygen atoms in total. The number of rotatable bonds is 54. The number of carbonyl (C=O) groups is 4. The van der Waals surface area contributed by atoms with Crippen LogP contribution >= 0.6 is 0 Å². The fourth-order valence-corrected chi connectivity index (χ4v) is 9.29. The predicted molar refractivity (Wildman–Crippen MR) is 331 cm³/mol. The highest BCUT2D eigenvalue weighted by Crippen LogP contribution is 2.26. The standard InChI is InChI=1S/C69H114O12/c1-4-7-10-13-16-19-22-25-28-30-31-33-36-39-42-45-48-51-54-57-63(72)80-67-65(74)64(73)66(68(75)76)81-69(67)78-59-60(79-62(71)56-53-50-47-44-41-38-34-27-24-21-18-15-12-9-6-3)58-77-61(70)55-52-49-46-43-40-37-35-32-29-26-23-20-17-14-11-8-5-2/h7-8,10-11,16-17,19-20,25-26,28-29,31,33,39,42,60,64-67,69,73-74H,4-6,9,12-15,18,21-24,27,30,32,34-38,40-41,43-59H2,1-3H3,(H,75,76)/b10-7-,11-8-,19-16-,20-17-,28-25-,29-26-,33-31-,42-39-. The highest BCUT2D eigenvalue weighted by atomic mass is 16.7. The number of hydrogen-bond acceptors (Lipinski definition) is 11. The Balaban J connectivity index is 2.69. The van der Waals surface area contributed by atoms with Gasteiger partial charge in [0.25, 0.3) is 0 Å². The van der Waals surface area contributed by atoms with Gasteiger partial charge in [0.15, 0.2) is 24.6 Å². The van der Waals surface area contributed by atoms with Gasteiger partial charge >= 0.3 is 23.9 Å². The van der Waals surface area contributed by atoms with Crippen molar-refractivity contribution in [3.8, 4) is 0 Å². The van der Waals surface area contributed by atoms with Crippen molar-refractivity contribution in [2.24, 2.45) is 0 Å². The van der Waals surface area contributed by atoms with Crippen molar-refractivity contribution in [3.05, 3.63) is 97.2 Å². The van der Waals surface area contributed by atoms with Crippen LogP contribution in [-0.2, 0) is 42.9 Å². The van der Waals surface area contributed by atoms with Crippen LogP contribution in [0, 0.1) is 0 Å². The minimum atomic E-state index is -1.92. The zero-order valence-electron chi connectivity index (χ0n) is 51.0. The van der Waals surface area contributed by atoms with Crippen molar-refractivity contribution >= 4 is 23.9 Å². The summed E-state index contributed by atoms with van der Waals surface area (Å²) in [4.78, 5) is 51.3. The number of aliphatic hydroxyl groups excluding tert-OH is 2. The summed E-state index contributed by atoms with van der Waals surface area (Å²) in [6.07, 6.45) is 62.2. The predicted octanol–water partition coefficient (Wildman–Crippen LogP) is 17.2. The van der Waals surface area contributed by atoms with Gasteiger partial charge in [-0.25, -0.2) is 4.79 Å². The molecule has 1 heterocycles. The first-order valence-corrected chi connectivity index (χ1v) is 32.2. The highest BCUT2D eigenvalue weighted by molar-refractivity contribution is 5.74.